The largest absolute Gasteiger partial charge is 0.480 e. The molecule has 1 unspecified atom stereocenters. The first kappa shape index (κ1) is 16.1. The summed E-state index contributed by atoms with van der Waals surface area (Å²) >= 11 is 7.16. The van der Waals surface area contributed by atoms with Gasteiger partial charge in [0, 0.05) is 17.6 Å². The summed E-state index contributed by atoms with van der Waals surface area (Å²) in [5.41, 5.74) is 0.105. The lowest BCUT2D eigenvalue weighted by Crippen LogP contribution is -2.41. The number of carboxylic acid groups (broad SMARTS) is 1. The molecule has 1 fully saturated rings. The third kappa shape index (κ3) is 3.33. The molecule has 1 aliphatic heterocycles. The van der Waals surface area contributed by atoms with Gasteiger partial charge in [-0.1, -0.05) is 11.6 Å². The molecule has 0 aliphatic carbocycles. The van der Waals surface area contributed by atoms with E-state index in [9.17, 15) is 18.0 Å². The Morgan fingerprint density at radius 3 is 2.67 bits per heavy atom. The number of thioether (sulfide) groups is 1. The van der Waals surface area contributed by atoms with Crippen molar-refractivity contribution < 1.29 is 23.1 Å². The fraction of sp³-hybridized carbons (Fsp3) is 0.333. The summed E-state index contributed by atoms with van der Waals surface area (Å²) < 4.78 is 23.2. The molecule has 6 nitrogen and oxygen atoms in total. The Labute approximate surface area is 131 Å². The maximum absolute atomic E-state index is 12.4. The van der Waals surface area contributed by atoms with Crippen molar-refractivity contribution in [3.8, 4) is 0 Å². The van der Waals surface area contributed by atoms with Crippen LogP contribution in [0.5, 0.6) is 0 Å². The summed E-state index contributed by atoms with van der Waals surface area (Å²) in [7, 11) is -3.57. The van der Waals surface area contributed by atoms with Crippen molar-refractivity contribution in [1.82, 2.24) is 4.90 Å². The molecule has 0 spiro atoms. The topological polar surface area (TPSA) is 91.8 Å². The number of nitrogens with zero attached hydrogens (tertiary/aromatic N) is 1. The average molecular weight is 350 g/mol. The third-order valence-electron chi connectivity index (χ3n) is 3.01. The standard InChI is InChI=1S/C12H12ClNO5S2/c1-21(18,19)10-4-7(2-3-8(10)13)11(15)14-6-20-5-9(14)12(16)17/h2-4,9H,5-6H2,1H3,(H,16,17). The Hall–Kier alpha value is -1.25. The second-order valence-electron chi connectivity index (χ2n) is 4.55. The van der Waals surface area contributed by atoms with Gasteiger partial charge in [0.1, 0.15) is 6.04 Å². The molecule has 9 heteroatoms. The van der Waals surface area contributed by atoms with Crippen LogP contribution in [0, 0.1) is 0 Å². The number of hydrogen-bond donors (Lipinski definition) is 1. The highest BCUT2D eigenvalue weighted by atomic mass is 35.5. The van der Waals surface area contributed by atoms with Crippen molar-refractivity contribution in [2.75, 3.05) is 17.9 Å². The highest BCUT2D eigenvalue weighted by molar-refractivity contribution is 7.99. The molecular weight excluding hydrogens is 338 g/mol. The summed E-state index contributed by atoms with van der Waals surface area (Å²) in [5.74, 6) is -1.03. The predicted molar refractivity (Wildman–Crippen MR) is 79.5 cm³/mol. The van der Waals surface area contributed by atoms with Gasteiger partial charge in [-0.2, -0.15) is 0 Å². The van der Waals surface area contributed by atoms with Crippen molar-refractivity contribution in [2.45, 2.75) is 10.9 Å². The van der Waals surface area contributed by atoms with E-state index in [4.69, 9.17) is 16.7 Å². The molecule has 0 radical (unpaired) electrons. The number of rotatable bonds is 3. The van der Waals surface area contributed by atoms with Gasteiger partial charge in [-0.3, -0.25) is 4.79 Å². The van der Waals surface area contributed by atoms with Crippen molar-refractivity contribution in [2.24, 2.45) is 0 Å². The summed E-state index contributed by atoms with van der Waals surface area (Å²) in [6.07, 6.45) is 0.994. The Morgan fingerprint density at radius 2 is 2.10 bits per heavy atom. The molecule has 21 heavy (non-hydrogen) atoms. The first-order chi connectivity index (χ1) is 9.71. The zero-order chi connectivity index (χ0) is 15.8. The van der Waals surface area contributed by atoms with Crippen LogP contribution in [0.3, 0.4) is 0 Å². The zero-order valence-corrected chi connectivity index (χ0v) is 13.3. The van der Waals surface area contributed by atoms with E-state index in [1.54, 1.807) is 0 Å². The second-order valence-corrected chi connectivity index (χ2v) is 7.94. The minimum Gasteiger partial charge on any atom is -0.480 e. The van der Waals surface area contributed by atoms with Crippen LogP contribution < -0.4 is 0 Å². The monoisotopic (exact) mass is 349 g/mol. The van der Waals surface area contributed by atoms with Gasteiger partial charge in [-0.25, -0.2) is 13.2 Å². The van der Waals surface area contributed by atoms with E-state index >= 15 is 0 Å². The van der Waals surface area contributed by atoms with Gasteiger partial charge in [0.2, 0.25) is 0 Å². The zero-order valence-electron chi connectivity index (χ0n) is 10.9. The van der Waals surface area contributed by atoms with Crippen LogP contribution in [0.4, 0.5) is 0 Å². The van der Waals surface area contributed by atoms with Crippen LogP contribution in [0.2, 0.25) is 5.02 Å². The lowest BCUT2D eigenvalue weighted by molar-refractivity contribution is -0.140. The lowest BCUT2D eigenvalue weighted by Gasteiger charge is -2.20. The molecule has 1 aromatic rings. The van der Waals surface area contributed by atoms with E-state index in [0.29, 0.717) is 5.75 Å². The van der Waals surface area contributed by atoms with Gasteiger partial charge in [0.05, 0.1) is 15.8 Å². The Balaban J connectivity index is 2.39. The Morgan fingerprint density at radius 1 is 1.43 bits per heavy atom. The molecule has 1 aliphatic rings. The van der Waals surface area contributed by atoms with Gasteiger partial charge in [-0.15, -0.1) is 11.8 Å². The van der Waals surface area contributed by atoms with Crippen LogP contribution in [-0.4, -0.2) is 54.2 Å². The van der Waals surface area contributed by atoms with Gasteiger partial charge >= 0.3 is 5.97 Å². The maximum Gasteiger partial charge on any atom is 0.327 e. The number of benzene rings is 1. The van der Waals surface area contributed by atoms with Crippen molar-refractivity contribution in [3.05, 3.63) is 28.8 Å². The minimum absolute atomic E-state index is 0.0274. The van der Waals surface area contributed by atoms with Gasteiger partial charge < -0.3 is 10.0 Å². The molecular formula is C12H12ClNO5S2. The average Bonchev–Trinajstić information content (AvgIpc) is 2.86. The summed E-state index contributed by atoms with van der Waals surface area (Å²) in [4.78, 5) is 24.5. The first-order valence-corrected chi connectivity index (χ1v) is 9.25. The smallest absolute Gasteiger partial charge is 0.327 e. The molecule has 114 valence electrons. The lowest BCUT2D eigenvalue weighted by atomic mass is 10.2. The first-order valence-electron chi connectivity index (χ1n) is 5.83. The van der Waals surface area contributed by atoms with Crippen LogP contribution >= 0.6 is 23.4 Å². The number of carboxylic acids is 1. The van der Waals surface area contributed by atoms with Crippen LogP contribution in [0.15, 0.2) is 23.1 Å². The number of hydrogen-bond acceptors (Lipinski definition) is 5. The molecule has 1 heterocycles. The summed E-state index contributed by atoms with van der Waals surface area (Å²) in [6.45, 7) is 0. The fourth-order valence-corrected chi connectivity index (χ4v) is 4.38. The van der Waals surface area contributed by atoms with Gasteiger partial charge in [0.15, 0.2) is 9.84 Å². The normalized spacial score (nSPS) is 18.8. The minimum atomic E-state index is -3.57. The van der Waals surface area contributed by atoms with Crippen LogP contribution in [-0.2, 0) is 14.6 Å². The van der Waals surface area contributed by atoms with E-state index in [2.05, 4.69) is 0 Å². The number of carbonyl (C=O) groups is 2. The van der Waals surface area contributed by atoms with E-state index in [0.717, 1.165) is 6.26 Å². The number of halogens is 1. The predicted octanol–water partition coefficient (Wildman–Crippen LogP) is 1.34. The Bertz CT molecular complexity index is 704. The van der Waals surface area contributed by atoms with Crippen molar-refractivity contribution in [1.29, 1.82) is 0 Å². The molecule has 1 N–H and O–H groups in total. The van der Waals surface area contributed by atoms with E-state index < -0.39 is 27.8 Å². The molecule has 1 aromatic carbocycles. The van der Waals surface area contributed by atoms with E-state index in [1.165, 1.54) is 34.9 Å². The fourth-order valence-electron chi connectivity index (χ4n) is 1.93. The highest BCUT2D eigenvalue weighted by Gasteiger charge is 2.35. The van der Waals surface area contributed by atoms with Crippen LogP contribution in [0.25, 0.3) is 0 Å². The molecule has 2 rings (SSSR count). The summed E-state index contributed by atoms with van der Waals surface area (Å²) in [6, 6.07) is 2.99. The molecule has 0 saturated carbocycles. The van der Waals surface area contributed by atoms with Crippen molar-refractivity contribution in [3.63, 3.8) is 0 Å². The SMILES string of the molecule is CS(=O)(=O)c1cc(C(=O)N2CSCC2C(=O)O)ccc1Cl. The number of aliphatic carboxylic acids is 1. The van der Waals surface area contributed by atoms with Gasteiger partial charge in [0.25, 0.3) is 5.91 Å². The quantitative estimate of drug-likeness (QED) is 0.885. The third-order valence-corrected chi connectivity index (χ3v) is 5.60. The number of carbonyl (C=O) groups excluding carboxylic acids is 1. The Kier molecular flexibility index (Phi) is 4.50. The van der Waals surface area contributed by atoms with Crippen molar-refractivity contribution >= 4 is 45.1 Å². The molecule has 1 atom stereocenters. The molecule has 0 bridgehead atoms. The van der Waals surface area contributed by atoms with Gasteiger partial charge in [-0.05, 0) is 18.2 Å². The number of amides is 1. The molecule has 1 saturated heterocycles. The van der Waals surface area contributed by atoms with E-state index in [1.807, 2.05) is 0 Å². The summed E-state index contributed by atoms with van der Waals surface area (Å²) in [5, 5.41) is 9.11. The maximum atomic E-state index is 12.4. The van der Waals surface area contributed by atoms with Crippen LogP contribution in [0.1, 0.15) is 10.4 Å². The molecule has 1 amide bonds. The molecule has 0 aromatic heterocycles. The van der Waals surface area contributed by atoms with E-state index in [-0.39, 0.29) is 21.4 Å². The number of sulfone groups is 1. The second kappa shape index (κ2) is 5.86. The highest BCUT2D eigenvalue weighted by Crippen LogP contribution is 2.27.